The maximum atomic E-state index is 5.52. The predicted octanol–water partition coefficient (Wildman–Crippen LogP) is 2.48. The third kappa shape index (κ3) is 2.61. The lowest BCUT2D eigenvalue weighted by Crippen LogP contribution is -1.99. The van der Waals surface area contributed by atoms with Gasteiger partial charge in [0.2, 0.25) is 0 Å². The molecule has 0 aromatic heterocycles. The highest BCUT2D eigenvalue weighted by molar-refractivity contribution is 14.1. The first-order valence-corrected chi connectivity index (χ1v) is 4.27. The van der Waals surface area contributed by atoms with Crippen molar-refractivity contribution in [1.82, 2.24) is 0 Å². The Kier molecular flexibility index (Phi) is 5.04. The first kappa shape index (κ1) is 11.2. The monoisotopic (exact) mass is 283 g/mol. The number of rotatable bonds is 1. The molecule has 0 spiro atoms. The van der Waals surface area contributed by atoms with Crippen LogP contribution in [-0.2, 0) is 6.54 Å². The van der Waals surface area contributed by atoms with Crippen LogP contribution in [0.4, 0.5) is 0 Å². The summed E-state index contributed by atoms with van der Waals surface area (Å²) in [7, 11) is 0. The van der Waals surface area contributed by atoms with E-state index in [-0.39, 0.29) is 12.4 Å². The van der Waals surface area contributed by atoms with Crippen molar-refractivity contribution in [2.24, 2.45) is 5.73 Å². The van der Waals surface area contributed by atoms with Gasteiger partial charge in [-0.1, -0.05) is 12.1 Å². The Morgan fingerprint density at radius 1 is 1.45 bits per heavy atom. The Balaban J connectivity index is 0.000001000. The molecule has 0 amide bonds. The molecule has 2 N–H and O–H groups in total. The van der Waals surface area contributed by atoms with Crippen LogP contribution in [0, 0.1) is 10.5 Å². The van der Waals surface area contributed by atoms with Crippen LogP contribution in [-0.4, -0.2) is 0 Å². The lowest BCUT2D eigenvalue weighted by molar-refractivity contribution is 1.04. The van der Waals surface area contributed by atoms with E-state index in [0.717, 1.165) is 0 Å². The van der Waals surface area contributed by atoms with Crippen molar-refractivity contribution < 1.29 is 0 Å². The van der Waals surface area contributed by atoms with Crippen molar-refractivity contribution in [2.75, 3.05) is 0 Å². The third-order valence-electron chi connectivity index (χ3n) is 1.60. The molecule has 0 aliphatic carbocycles. The zero-order valence-corrected chi connectivity index (χ0v) is 9.28. The molecule has 1 aromatic carbocycles. The summed E-state index contributed by atoms with van der Waals surface area (Å²) in [5.74, 6) is 0. The van der Waals surface area contributed by atoms with Crippen molar-refractivity contribution >= 4 is 35.0 Å². The van der Waals surface area contributed by atoms with Gasteiger partial charge in [-0.2, -0.15) is 0 Å². The summed E-state index contributed by atoms with van der Waals surface area (Å²) in [4.78, 5) is 0. The van der Waals surface area contributed by atoms with E-state index in [4.69, 9.17) is 5.73 Å². The lowest BCUT2D eigenvalue weighted by Gasteiger charge is -2.02. The minimum Gasteiger partial charge on any atom is -0.326 e. The Hall–Kier alpha value is 0.200. The van der Waals surface area contributed by atoms with E-state index in [1.807, 2.05) is 6.07 Å². The molecule has 0 saturated carbocycles. The highest BCUT2D eigenvalue weighted by Crippen LogP contribution is 2.14. The van der Waals surface area contributed by atoms with E-state index in [1.54, 1.807) is 0 Å². The van der Waals surface area contributed by atoms with Crippen LogP contribution >= 0.6 is 35.0 Å². The fraction of sp³-hybridized carbons (Fsp3) is 0.250. The van der Waals surface area contributed by atoms with E-state index in [2.05, 4.69) is 41.6 Å². The van der Waals surface area contributed by atoms with Gasteiger partial charge in [-0.05, 0) is 46.7 Å². The van der Waals surface area contributed by atoms with Crippen LogP contribution in [0.3, 0.4) is 0 Å². The SMILES string of the molecule is Cc1c(I)cccc1CN.Cl. The highest BCUT2D eigenvalue weighted by atomic mass is 127. The van der Waals surface area contributed by atoms with Gasteiger partial charge in [-0.3, -0.25) is 0 Å². The second-order valence-electron chi connectivity index (χ2n) is 2.23. The number of hydrogen-bond donors (Lipinski definition) is 1. The molecule has 3 heteroatoms. The minimum absolute atomic E-state index is 0. The molecule has 0 atom stereocenters. The first-order chi connectivity index (χ1) is 4.75. The molecular formula is C8H11ClIN. The molecule has 0 fully saturated rings. The Morgan fingerprint density at radius 2 is 2.09 bits per heavy atom. The number of benzene rings is 1. The van der Waals surface area contributed by atoms with Crippen LogP contribution in [0.1, 0.15) is 11.1 Å². The van der Waals surface area contributed by atoms with Crippen LogP contribution in [0.15, 0.2) is 18.2 Å². The van der Waals surface area contributed by atoms with Gasteiger partial charge in [0.05, 0.1) is 0 Å². The quantitative estimate of drug-likeness (QED) is 0.787. The number of halogens is 2. The predicted molar refractivity (Wildman–Crippen MR) is 59.0 cm³/mol. The zero-order chi connectivity index (χ0) is 7.56. The molecule has 0 radical (unpaired) electrons. The van der Waals surface area contributed by atoms with Crippen LogP contribution < -0.4 is 5.73 Å². The van der Waals surface area contributed by atoms with E-state index in [9.17, 15) is 0 Å². The molecule has 1 aromatic rings. The molecule has 1 rings (SSSR count). The first-order valence-electron chi connectivity index (χ1n) is 3.19. The molecule has 1 nitrogen and oxygen atoms in total. The van der Waals surface area contributed by atoms with Gasteiger partial charge in [0.15, 0.2) is 0 Å². The largest absolute Gasteiger partial charge is 0.326 e. The average molecular weight is 284 g/mol. The normalized spacial score (nSPS) is 9.00. The van der Waals surface area contributed by atoms with Crippen molar-refractivity contribution in [3.63, 3.8) is 0 Å². The third-order valence-corrected chi connectivity index (χ3v) is 2.77. The second kappa shape index (κ2) is 4.95. The van der Waals surface area contributed by atoms with Crippen LogP contribution in [0.2, 0.25) is 0 Å². The van der Waals surface area contributed by atoms with E-state index in [0.29, 0.717) is 6.54 Å². The summed E-state index contributed by atoms with van der Waals surface area (Å²) in [5, 5.41) is 0. The summed E-state index contributed by atoms with van der Waals surface area (Å²) < 4.78 is 1.29. The maximum Gasteiger partial charge on any atom is 0.0181 e. The Morgan fingerprint density at radius 3 is 2.55 bits per heavy atom. The van der Waals surface area contributed by atoms with Crippen molar-refractivity contribution in [3.05, 3.63) is 32.9 Å². The molecule has 11 heavy (non-hydrogen) atoms. The fourth-order valence-corrected chi connectivity index (χ4v) is 1.43. The summed E-state index contributed by atoms with van der Waals surface area (Å²) in [6.45, 7) is 2.74. The topological polar surface area (TPSA) is 26.0 Å². The van der Waals surface area contributed by atoms with Crippen LogP contribution in [0.5, 0.6) is 0 Å². The molecule has 0 saturated heterocycles. The molecular weight excluding hydrogens is 272 g/mol. The van der Waals surface area contributed by atoms with Gasteiger partial charge in [0.1, 0.15) is 0 Å². The van der Waals surface area contributed by atoms with Gasteiger partial charge >= 0.3 is 0 Å². The Bertz CT molecular complexity index is 238. The minimum atomic E-state index is 0. The maximum absolute atomic E-state index is 5.52. The Labute approximate surface area is 86.9 Å². The molecule has 0 aliphatic rings. The second-order valence-corrected chi connectivity index (χ2v) is 3.39. The van der Waals surface area contributed by atoms with Crippen molar-refractivity contribution in [2.45, 2.75) is 13.5 Å². The summed E-state index contributed by atoms with van der Waals surface area (Å²) in [5.41, 5.74) is 8.07. The average Bonchev–Trinajstić information content (AvgIpc) is 1.95. The molecule has 62 valence electrons. The van der Waals surface area contributed by atoms with E-state index >= 15 is 0 Å². The summed E-state index contributed by atoms with van der Waals surface area (Å²) in [6.07, 6.45) is 0. The van der Waals surface area contributed by atoms with Gasteiger partial charge in [0.25, 0.3) is 0 Å². The van der Waals surface area contributed by atoms with Crippen molar-refractivity contribution in [1.29, 1.82) is 0 Å². The van der Waals surface area contributed by atoms with E-state index in [1.165, 1.54) is 14.7 Å². The number of hydrogen-bond acceptors (Lipinski definition) is 1. The lowest BCUT2D eigenvalue weighted by atomic mass is 10.1. The summed E-state index contributed by atoms with van der Waals surface area (Å²) >= 11 is 2.32. The standard InChI is InChI=1S/C8H10IN.ClH/c1-6-7(5-10)3-2-4-8(6)9;/h2-4H,5,10H2,1H3;1H. The van der Waals surface area contributed by atoms with Gasteiger partial charge in [-0.25, -0.2) is 0 Å². The zero-order valence-electron chi connectivity index (χ0n) is 6.30. The number of nitrogens with two attached hydrogens (primary N) is 1. The van der Waals surface area contributed by atoms with Crippen LogP contribution in [0.25, 0.3) is 0 Å². The fourth-order valence-electron chi connectivity index (χ4n) is 0.873. The molecule has 0 bridgehead atoms. The smallest absolute Gasteiger partial charge is 0.0181 e. The molecule has 0 aliphatic heterocycles. The van der Waals surface area contributed by atoms with Gasteiger partial charge < -0.3 is 5.73 Å². The highest BCUT2D eigenvalue weighted by Gasteiger charge is 1.97. The van der Waals surface area contributed by atoms with Gasteiger partial charge in [0, 0.05) is 10.1 Å². The van der Waals surface area contributed by atoms with E-state index < -0.39 is 0 Å². The van der Waals surface area contributed by atoms with Gasteiger partial charge in [-0.15, -0.1) is 12.4 Å². The summed E-state index contributed by atoms with van der Waals surface area (Å²) in [6, 6.07) is 6.20. The molecule has 0 unspecified atom stereocenters. The molecule has 0 heterocycles. The van der Waals surface area contributed by atoms with Crippen molar-refractivity contribution in [3.8, 4) is 0 Å².